The number of nitrogens with zero attached hydrogens (tertiary/aromatic N) is 2. The molecule has 0 saturated heterocycles. The van der Waals surface area contributed by atoms with Gasteiger partial charge in [-0.15, -0.1) is 0 Å². The molecule has 0 bridgehead atoms. The summed E-state index contributed by atoms with van der Waals surface area (Å²) in [6.07, 6.45) is 3.36. The monoisotopic (exact) mass is 270 g/mol. The Labute approximate surface area is 116 Å². The van der Waals surface area contributed by atoms with Crippen molar-refractivity contribution < 1.29 is 14.6 Å². The number of aromatic nitrogens is 1. The first-order valence-electron chi connectivity index (χ1n) is 6.35. The lowest BCUT2D eigenvalue weighted by molar-refractivity contribution is 0.0694. The summed E-state index contributed by atoms with van der Waals surface area (Å²) in [4.78, 5) is 15.6. The Morgan fingerprint density at radius 1 is 1.35 bits per heavy atom. The van der Waals surface area contributed by atoms with Crippen molar-refractivity contribution in [1.82, 2.24) is 4.98 Å². The van der Waals surface area contributed by atoms with Gasteiger partial charge in [0.2, 0.25) is 0 Å². The lowest BCUT2D eigenvalue weighted by Gasteiger charge is -2.10. The number of rotatable bonds is 6. The number of para-hydroxylation sites is 1. The molecule has 0 aliphatic rings. The number of nitriles is 1. The van der Waals surface area contributed by atoms with Gasteiger partial charge in [-0.25, -0.2) is 4.79 Å². The van der Waals surface area contributed by atoms with Crippen LogP contribution in [0.25, 0.3) is 10.9 Å². The highest BCUT2D eigenvalue weighted by atomic mass is 16.5. The van der Waals surface area contributed by atoms with Crippen molar-refractivity contribution in [3.8, 4) is 11.8 Å². The third-order valence-corrected chi connectivity index (χ3v) is 2.90. The highest BCUT2D eigenvalue weighted by Crippen LogP contribution is 2.26. The first kappa shape index (κ1) is 13.8. The molecule has 1 heterocycles. The first-order valence-corrected chi connectivity index (χ1v) is 6.35. The van der Waals surface area contributed by atoms with E-state index in [1.54, 1.807) is 18.2 Å². The second-order valence-electron chi connectivity index (χ2n) is 4.28. The van der Waals surface area contributed by atoms with Gasteiger partial charge in [0, 0.05) is 11.8 Å². The maximum atomic E-state index is 11.4. The molecule has 0 aliphatic carbocycles. The second kappa shape index (κ2) is 6.53. The average Bonchev–Trinajstić information content (AvgIpc) is 2.46. The van der Waals surface area contributed by atoms with Crippen LogP contribution in [0.3, 0.4) is 0 Å². The first-order chi connectivity index (χ1) is 9.74. The summed E-state index contributed by atoms with van der Waals surface area (Å²) < 4.78 is 5.50. The molecule has 0 saturated carbocycles. The van der Waals surface area contributed by atoms with Gasteiger partial charge in [-0.3, -0.25) is 4.98 Å². The third kappa shape index (κ3) is 3.04. The van der Waals surface area contributed by atoms with Gasteiger partial charge in [-0.1, -0.05) is 18.2 Å². The van der Waals surface area contributed by atoms with Crippen molar-refractivity contribution in [2.24, 2.45) is 0 Å². The minimum absolute atomic E-state index is 0.135. The molecule has 0 unspecified atom stereocenters. The molecule has 0 fully saturated rings. The van der Waals surface area contributed by atoms with Crippen molar-refractivity contribution >= 4 is 16.9 Å². The zero-order valence-electron chi connectivity index (χ0n) is 10.9. The number of carbonyl (C=O) groups is 1. The van der Waals surface area contributed by atoms with Crippen LogP contribution in [-0.4, -0.2) is 22.7 Å². The van der Waals surface area contributed by atoms with Gasteiger partial charge in [-0.2, -0.15) is 5.26 Å². The van der Waals surface area contributed by atoms with E-state index in [-0.39, 0.29) is 11.3 Å². The lowest BCUT2D eigenvalue weighted by atomic mass is 10.1. The highest BCUT2D eigenvalue weighted by molar-refractivity contribution is 6.04. The topological polar surface area (TPSA) is 83.2 Å². The van der Waals surface area contributed by atoms with Crippen LogP contribution in [0.15, 0.2) is 30.5 Å². The van der Waals surface area contributed by atoms with Gasteiger partial charge in [0.1, 0.15) is 5.56 Å². The molecule has 5 heteroatoms. The fourth-order valence-corrected chi connectivity index (χ4v) is 1.94. The number of pyridine rings is 1. The molecule has 2 aromatic rings. The van der Waals surface area contributed by atoms with Crippen LogP contribution in [0.4, 0.5) is 0 Å². The zero-order valence-corrected chi connectivity index (χ0v) is 10.9. The van der Waals surface area contributed by atoms with Crippen molar-refractivity contribution in [2.75, 3.05) is 6.61 Å². The molecule has 5 nitrogen and oxygen atoms in total. The van der Waals surface area contributed by atoms with E-state index in [2.05, 4.69) is 11.1 Å². The normalized spacial score (nSPS) is 10.2. The molecule has 1 aromatic carbocycles. The number of aromatic carboxylic acids is 1. The van der Waals surface area contributed by atoms with E-state index in [0.29, 0.717) is 30.4 Å². The third-order valence-electron chi connectivity index (χ3n) is 2.90. The minimum Gasteiger partial charge on any atom is -0.491 e. The van der Waals surface area contributed by atoms with Crippen LogP contribution in [-0.2, 0) is 0 Å². The summed E-state index contributed by atoms with van der Waals surface area (Å²) in [5.74, 6) is -0.760. The van der Waals surface area contributed by atoms with Gasteiger partial charge in [0.15, 0.2) is 5.75 Å². The summed E-state index contributed by atoms with van der Waals surface area (Å²) in [6, 6.07) is 9.12. The lowest BCUT2D eigenvalue weighted by Crippen LogP contribution is -2.06. The number of benzene rings is 1. The number of fused-ring (bicyclic) bond motifs is 1. The van der Waals surface area contributed by atoms with Crippen LogP contribution < -0.4 is 4.74 Å². The van der Waals surface area contributed by atoms with Crippen LogP contribution in [0.5, 0.6) is 5.75 Å². The van der Waals surface area contributed by atoms with E-state index in [9.17, 15) is 9.90 Å². The molecule has 102 valence electrons. The smallest absolute Gasteiger partial charge is 0.340 e. The molecule has 2 rings (SSSR count). The van der Waals surface area contributed by atoms with Crippen molar-refractivity contribution in [3.63, 3.8) is 0 Å². The van der Waals surface area contributed by atoms with E-state index in [1.165, 1.54) is 6.20 Å². The van der Waals surface area contributed by atoms with Crippen molar-refractivity contribution in [3.05, 3.63) is 36.0 Å². The Morgan fingerprint density at radius 2 is 2.15 bits per heavy atom. The Kier molecular flexibility index (Phi) is 4.51. The number of unbranched alkanes of at least 4 members (excludes halogenated alkanes) is 2. The number of carboxylic acids is 1. The SMILES string of the molecule is N#CCCCCOc1cnc2ccccc2c1C(=O)O. The predicted octanol–water partition coefficient (Wildman–Crippen LogP) is 3.01. The second-order valence-corrected chi connectivity index (χ2v) is 4.28. The summed E-state index contributed by atoms with van der Waals surface area (Å²) in [5.41, 5.74) is 0.762. The van der Waals surface area contributed by atoms with Crippen LogP contribution >= 0.6 is 0 Å². The Balaban J connectivity index is 2.22. The van der Waals surface area contributed by atoms with E-state index >= 15 is 0 Å². The van der Waals surface area contributed by atoms with E-state index < -0.39 is 5.97 Å². The number of hydrogen-bond acceptors (Lipinski definition) is 4. The van der Waals surface area contributed by atoms with Gasteiger partial charge < -0.3 is 9.84 Å². The Morgan fingerprint density at radius 3 is 2.90 bits per heavy atom. The highest BCUT2D eigenvalue weighted by Gasteiger charge is 2.16. The molecule has 0 spiro atoms. The maximum Gasteiger partial charge on any atom is 0.340 e. The van der Waals surface area contributed by atoms with Gasteiger partial charge in [0.05, 0.1) is 24.4 Å². The van der Waals surface area contributed by atoms with E-state index in [1.807, 2.05) is 6.07 Å². The molecule has 20 heavy (non-hydrogen) atoms. The Bertz CT molecular complexity index is 662. The van der Waals surface area contributed by atoms with Crippen molar-refractivity contribution in [1.29, 1.82) is 5.26 Å². The zero-order chi connectivity index (χ0) is 14.4. The average molecular weight is 270 g/mol. The molecule has 0 amide bonds. The summed E-state index contributed by atoms with van der Waals surface area (Å²) in [7, 11) is 0. The summed E-state index contributed by atoms with van der Waals surface area (Å²) in [6.45, 7) is 0.377. The van der Waals surface area contributed by atoms with Gasteiger partial charge in [0.25, 0.3) is 0 Å². The number of carboxylic acid groups (broad SMARTS) is 1. The molecular weight excluding hydrogens is 256 g/mol. The number of ether oxygens (including phenoxy) is 1. The summed E-state index contributed by atoms with van der Waals surface area (Å²) in [5, 5.41) is 18.4. The fraction of sp³-hybridized carbons (Fsp3) is 0.267. The van der Waals surface area contributed by atoms with Crippen LogP contribution in [0.1, 0.15) is 29.6 Å². The van der Waals surface area contributed by atoms with E-state index in [0.717, 1.165) is 6.42 Å². The van der Waals surface area contributed by atoms with Crippen LogP contribution in [0.2, 0.25) is 0 Å². The van der Waals surface area contributed by atoms with Crippen LogP contribution in [0, 0.1) is 11.3 Å². The molecule has 0 atom stereocenters. The van der Waals surface area contributed by atoms with Gasteiger partial charge >= 0.3 is 5.97 Å². The minimum atomic E-state index is -1.03. The standard InChI is InChI=1S/C15H14N2O3/c16-8-4-1-5-9-20-13-10-17-12-7-3-2-6-11(12)14(13)15(18)19/h2-3,6-7,10H,1,4-5,9H2,(H,18,19). The maximum absolute atomic E-state index is 11.4. The molecule has 0 aliphatic heterocycles. The predicted molar refractivity (Wildman–Crippen MR) is 73.7 cm³/mol. The molecule has 1 N–H and O–H groups in total. The van der Waals surface area contributed by atoms with Crippen molar-refractivity contribution in [2.45, 2.75) is 19.3 Å². The molecule has 0 radical (unpaired) electrons. The largest absolute Gasteiger partial charge is 0.491 e. The van der Waals surface area contributed by atoms with Gasteiger partial charge in [-0.05, 0) is 18.9 Å². The van der Waals surface area contributed by atoms with E-state index in [4.69, 9.17) is 10.00 Å². The fourth-order valence-electron chi connectivity index (χ4n) is 1.94. The number of hydrogen-bond donors (Lipinski definition) is 1. The Hall–Kier alpha value is -2.61. The quantitative estimate of drug-likeness (QED) is 0.816. The molecular formula is C15H14N2O3. The molecule has 1 aromatic heterocycles. The summed E-state index contributed by atoms with van der Waals surface area (Å²) >= 11 is 0.